The first-order valence-electron chi connectivity index (χ1n) is 17.8. The highest BCUT2D eigenvalue weighted by Gasteiger charge is 2.37. The van der Waals surface area contributed by atoms with Crippen LogP contribution in [0.25, 0.3) is 44.4 Å². The first-order valence-corrected chi connectivity index (χ1v) is 18.6. The Labute approximate surface area is 317 Å². The van der Waals surface area contributed by atoms with Gasteiger partial charge in [0, 0.05) is 76.6 Å². The zero-order chi connectivity index (χ0) is 37.5. The average Bonchev–Trinajstić information content (AvgIpc) is 3.86. The highest BCUT2D eigenvalue weighted by molar-refractivity contribution is 6.35. The highest BCUT2D eigenvalue weighted by Crippen LogP contribution is 2.46. The smallest absolute Gasteiger partial charge is 0.275 e. The van der Waals surface area contributed by atoms with Gasteiger partial charge in [0.25, 0.3) is 11.8 Å². The first-order chi connectivity index (χ1) is 25.3. The summed E-state index contributed by atoms with van der Waals surface area (Å²) in [4.78, 5) is 21.5. The number of aryl methyl sites for hydroxylation is 7. The van der Waals surface area contributed by atoms with Gasteiger partial charge in [0.2, 0.25) is 0 Å². The molecule has 0 saturated carbocycles. The maximum absolute atomic E-state index is 15.2. The molecule has 1 amide bonds. The summed E-state index contributed by atoms with van der Waals surface area (Å²) in [6.07, 6.45) is 3.35. The zero-order valence-electron chi connectivity index (χ0n) is 31.1. The van der Waals surface area contributed by atoms with Crippen molar-refractivity contribution < 1.29 is 14.1 Å². The average molecular weight is 751 g/mol. The molecular weight excluding hydrogens is 709 g/mol. The van der Waals surface area contributed by atoms with Gasteiger partial charge in [-0.05, 0) is 107 Å². The molecule has 10 nitrogen and oxygen atoms in total. The van der Waals surface area contributed by atoms with Gasteiger partial charge in [-0.2, -0.15) is 10.1 Å². The summed E-state index contributed by atoms with van der Waals surface area (Å²) >= 11 is 13.5. The lowest BCUT2D eigenvalue weighted by molar-refractivity contribution is 0.0957. The van der Waals surface area contributed by atoms with E-state index in [9.17, 15) is 0 Å². The molecule has 3 aromatic carbocycles. The molecule has 1 aliphatic rings. The second-order valence-electron chi connectivity index (χ2n) is 14.3. The number of ether oxygens (including phenoxy) is 1. The SMILES string of the molecule is Cc1noc(-c2ccc3c(c2)c(N2CC(C)n4c(c(CCCOc5cc(C)c(Cl)c(C)c5)c5ccc(Cl)c(-c6c(C)nn(C)c6C)c54)C2=O)cn3C)n1. The lowest BCUT2D eigenvalue weighted by Gasteiger charge is -2.34. The molecule has 7 aromatic rings. The third-order valence-electron chi connectivity index (χ3n) is 10.6. The van der Waals surface area contributed by atoms with Gasteiger partial charge >= 0.3 is 0 Å². The number of amides is 1. The van der Waals surface area contributed by atoms with Gasteiger partial charge < -0.3 is 23.3 Å². The van der Waals surface area contributed by atoms with Gasteiger partial charge in [-0.3, -0.25) is 9.48 Å². The lowest BCUT2D eigenvalue weighted by atomic mass is 9.98. The number of aromatic nitrogens is 6. The minimum Gasteiger partial charge on any atom is -0.494 e. The van der Waals surface area contributed by atoms with Crippen molar-refractivity contribution in [2.45, 2.75) is 60.4 Å². The van der Waals surface area contributed by atoms with Crippen LogP contribution in [0.5, 0.6) is 5.75 Å². The molecule has 0 N–H and O–H groups in total. The van der Waals surface area contributed by atoms with Crippen LogP contribution < -0.4 is 9.64 Å². The van der Waals surface area contributed by atoms with Crippen molar-refractivity contribution in [2.24, 2.45) is 14.1 Å². The number of carbonyl (C=O) groups is 1. The molecule has 0 aliphatic carbocycles. The molecule has 1 atom stereocenters. The molecule has 1 aliphatic heterocycles. The number of hydrogen-bond donors (Lipinski definition) is 0. The van der Waals surface area contributed by atoms with Gasteiger partial charge in [0.05, 0.1) is 28.5 Å². The largest absolute Gasteiger partial charge is 0.494 e. The molecule has 272 valence electrons. The quantitative estimate of drug-likeness (QED) is 0.144. The number of hydrogen-bond acceptors (Lipinski definition) is 6. The predicted octanol–water partition coefficient (Wildman–Crippen LogP) is 9.67. The number of anilines is 1. The van der Waals surface area contributed by atoms with Crippen molar-refractivity contribution in [3.63, 3.8) is 0 Å². The fourth-order valence-electron chi connectivity index (χ4n) is 8.07. The summed E-state index contributed by atoms with van der Waals surface area (Å²) in [6, 6.07) is 13.9. The van der Waals surface area contributed by atoms with Gasteiger partial charge in [0.1, 0.15) is 11.4 Å². The van der Waals surface area contributed by atoms with Gasteiger partial charge in [-0.15, -0.1) is 0 Å². The normalized spacial score (nSPS) is 14.6. The van der Waals surface area contributed by atoms with Gasteiger partial charge in [0.15, 0.2) is 5.82 Å². The molecule has 0 saturated heterocycles. The summed E-state index contributed by atoms with van der Waals surface area (Å²) in [6.45, 7) is 12.9. The Balaban J connectivity index is 1.26. The van der Waals surface area contributed by atoms with E-state index < -0.39 is 0 Å². The van der Waals surface area contributed by atoms with Crippen LogP contribution in [0.15, 0.2) is 53.2 Å². The monoisotopic (exact) mass is 749 g/mol. The zero-order valence-corrected chi connectivity index (χ0v) is 32.6. The number of carbonyl (C=O) groups excluding carboxylic acids is 1. The summed E-state index contributed by atoms with van der Waals surface area (Å²) in [5, 5.41) is 12.0. The van der Waals surface area contributed by atoms with Crippen LogP contribution in [0.1, 0.15) is 63.8 Å². The molecule has 0 bridgehead atoms. The topological polar surface area (TPSA) is 96.1 Å². The Morgan fingerprint density at radius 2 is 1.72 bits per heavy atom. The third kappa shape index (κ3) is 5.70. The second kappa shape index (κ2) is 13.1. The van der Waals surface area contributed by atoms with Crippen molar-refractivity contribution in [1.29, 1.82) is 0 Å². The Hall–Kier alpha value is -5.06. The van der Waals surface area contributed by atoms with E-state index in [4.69, 9.17) is 37.6 Å². The summed E-state index contributed by atoms with van der Waals surface area (Å²) in [5.41, 5.74) is 11.0. The van der Waals surface area contributed by atoms with Crippen molar-refractivity contribution in [3.05, 3.63) is 98.3 Å². The minimum atomic E-state index is -0.0817. The van der Waals surface area contributed by atoms with Crippen molar-refractivity contribution in [2.75, 3.05) is 18.1 Å². The molecule has 4 aromatic heterocycles. The van der Waals surface area contributed by atoms with E-state index in [2.05, 4.69) is 39.2 Å². The highest BCUT2D eigenvalue weighted by atomic mass is 35.5. The van der Waals surface area contributed by atoms with E-state index in [1.54, 1.807) is 6.92 Å². The van der Waals surface area contributed by atoms with E-state index in [1.807, 2.05) is 87.0 Å². The fourth-order valence-corrected chi connectivity index (χ4v) is 8.43. The van der Waals surface area contributed by atoms with E-state index >= 15 is 4.79 Å². The van der Waals surface area contributed by atoms with Crippen LogP contribution in [-0.4, -0.2) is 48.1 Å². The summed E-state index contributed by atoms with van der Waals surface area (Å²) in [7, 11) is 3.95. The Morgan fingerprint density at radius 1 is 0.962 bits per heavy atom. The number of benzene rings is 3. The van der Waals surface area contributed by atoms with E-state index in [0.29, 0.717) is 48.4 Å². The van der Waals surface area contributed by atoms with Crippen molar-refractivity contribution in [1.82, 2.24) is 29.1 Å². The number of rotatable bonds is 8. The Morgan fingerprint density at radius 3 is 2.40 bits per heavy atom. The summed E-state index contributed by atoms with van der Waals surface area (Å²) in [5.74, 6) is 1.73. The van der Waals surface area contributed by atoms with E-state index in [-0.39, 0.29) is 11.9 Å². The molecule has 0 radical (unpaired) electrons. The first kappa shape index (κ1) is 35.0. The number of halogens is 2. The molecule has 12 heteroatoms. The van der Waals surface area contributed by atoms with Crippen molar-refractivity contribution >= 4 is 56.6 Å². The lowest BCUT2D eigenvalue weighted by Crippen LogP contribution is -2.42. The molecule has 53 heavy (non-hydrogen) atoms. The van der Waals surface area contributed by atoms with Crippen LogP contribution in [0.3, 0.4) is 0 Å². The van der Waals surface area contributed by atoms with Crippen LogP contribution in [-0.2, 0) is 20.5 Å². The third-order valence-corrected chi connectivity index (χ3v) is 11.5. The molecule has 1 unspecified atom stereocenters. The predicted molar refractivity (Wildman–Crippen MR) is 211 cm³/mol. The standard InChI is InChI=1S/C41H41Cl2N7O3/c1-21-16-28(17-22(2)37(21)43)52-15-9-10-29-30-12-13-32(42)36(35-24(4)45-48(8)25(35)5)38(30)50-23(3)19-49(41(51)39(29)50)34-20-47(7)33-14-11-27(18-31(33)34)40-44-26(6)46-53-40/h11-14,16-18,20,23H,9-10,15,19H2,1-8H3. The summed E-state index contributed by atoms with van der Waals surface area (Å²) < 4.78 is 17.9. The second-order valence-corrected chi connectivity index (χ2v) is 15.1. The molecule has 5 heterocycles. The maximum atomic E-state index is 15.2. The molecular formula is C41H41Cl2N7O3. The fraction of sp³-hybridized carbons (Fsp3) is 0.317. The minimum absolute atomic E-state index is 0.0626. The number of fused-ring (bicyclic) bond motifs is 4. The van der Waals surface area contributed by atoms with Crippen molar-refractivity contribution in [3.8, 4) is 28.3 Å². The van der Waals surface area contributed by atoms with E-state index in [0.717, 1.165) is 83.0 Å². The molecule has 0 spiro atoms. The molecule has 8 rings (SSSR count). The van der Waals surface area contributed by atoms with Crippen LogP contribution in [0, 0.1) is 34.6 Å². The van der Waals surface area contributed by atoms with Gasteiger partial charge in [-0.1, -0.05) is 34.4 Å². The molecule has 0 fully saturated rings. The Kier molecular flexibility index (Phi) is 8.65. The van der Waals surface area contributed by atoms with Crippen LogP contribution >= 0.6 is 23.2 Å². The Bertz CT molecular complexity index is 2590. The number of nitrogens with zero attached hydrogens (tertiary/aromatic N) is 7. The maximum Gasteiger partial charge on any atom is 0.275 e. The van der Waals surface area contributed by atoms with Crippen LogP contribution in [0.4, 0.5) is 5.69 Å². The van der Waals surface area contributed by atoms with Crippen LogP contribution in [0.2, 0.25) is 10.0 Å². The van der Waals surface area contributed by atoms with E-state index in [1.165, 1.54) is 0 Å². The van der Waals surface area contributed by atoms with Gasteiger partial charge in [-0.25, -0.2) is 0 Å².